The van der Waals surface area contributed by atoms with Gasteiger partial charge in [0.1, 0.15) is 5.82 Å². The van der Waals surface area contributed by atoms with Crippen molar-refractivity contribution in [2.24, 2.45) is 0 Å². The summed E-state index contributed by atoms with van der Waals surface area (Å²) < 4.78 is 13.7. The topological polar surface area (TPSA) is 69.6 Å². The number of carbonyl (C=O) groups is 2. The second kappa shape index (κ2) is 7.75. The van der Waals surface area contributed by atoms with Crippen LogP contribution >= 0.6 is 11.6 Å². The molecule has 0 heterocycles. The summed E-state index contributed by atoms with van der Waals surface area (Å²) in [5.41, 5.74) is 0.198. The standard InChI is InChI=1S/C16H20ClFN2O3/c1-2-20(9-16(22)23)11-6-10(7-11)19-15(21)8-12-13(17)4-3-5-14(12)18/h3-5,10-11H,2,6-9H2,1H3,(H,19,21)(H,22,23). The third kappa shape index (κ3) is 4.65. The Morgan fingerprint density at radius 2 is 2.13 bits per heavy atom. The van der Waals surface area contributed by atoms with Crippen LogP contribution in [0.15, 0.2) is 18.2 Å². The van der Waals surface area contributed by atoms with Gasteiger partial charge < -0.3 is 10.4 Å². The maximum Gasteiger partial charge on any atom is 0.317 e. The molecule has 0 saturated heterocycles. The largest absolute Gasteiger partial charge is 0.480 e. The Hall–Kier alpha value is -1.66. The minimum atomic E-state index is -0.853. The van der Waals surface area contributed by atoms with Crippen LogP contribution in [-0.4, -0.2) is 47.1 Å². The Kier molecular flexibility index (Phi) is 5.96. The minimum absolute atomic E-state index is 0.000828. The monoisotopic (exact) mass is 342 g/mol. The summed E-state index contributed by atoms with van der Waals surface area (Å²) in [7, 11) is 0. The molecule has 23 heavy (non-hydrogen) atoms. The number of nitrogens with zero attached hydrogens (tertiary/aromatic N) is 1. The number of carboxylic acids is 1. The number of rotatable bonds is 7. The molecule has 126 valence electrons. The van der Waals surface area contributed by atoms with Crippen LogP contribution in [0.3, 0.4) is 0 Å². The summed E-state index contributed by atoms with van der Waals surface area (Å²) in [6.07, 6.45) is 1.31. The number of carbonyl (C=O) groups excluding carboxylic acids is 1. The van der Waals surface area contributed by atoms with E-state index in [0.29, 0.717) is 19.4 Å². The van der Waals surface area contributed by atoms with Gasteiger partial charge in [0, 0.05) is 22.7 Å². The molecule has 1 aliphatic rings. The number of amides is 1. The van der Waals surface area contributed by atoms with E-state index in [4.69, 9.17) is 16.7 Å². The Morgan fingerprint density at radius 1 is 1.43 bits per heavy atom. The van der Waals surface area contributed by atoms with Crippen molar-refractivity contribution < 1.29 is 19.1 Å². The van der Waals surface area contributed by atoms with Crippen LogP contribution in [0.5, 0.6) is 0 Å². The van der Waals surface area contributed by atoms with Gasteiger partial charge in [-0.25, -0.2) is 4.39 Å². The smallest absolute Gasteiger partial charge is 0.317 e. The summed E-state index contributed by atoms with van der Waals surface area (Å²) in [5, 5.41) is 11.9. The van der Waals surface area contributed by atoms with Crippen molar-refractivity contribution in [2.75, 3.05) is 13.1 Å². The number of aliphatic carboxylic acids is 1. The van der Waals surface area contributed by atoms with E-state index < -0.39 is 11.8 Å². The molecule has 1 amide bonds. The van der Waals surface area contributed by atoms with E-state index >= 15 is 0 Å². The highest BCUT2D eigenvalue weighted by molar-refractivity contribution is 6.31. The molecule has 2 rings (SSSR count). The van der Waals surface area contributed by atoms with Crippen LogP contribution in [0.25, 0.3) is 0 Å². The summed E-state index contributed by atoms with van der Waals surface area (Å²) in [6.45, 7) is 2.57. The molecular formula is C16H20ClFN2O3. The van der Waals surface area contributed by atoms with Crippen LogP contribution in [0.4, 0.5) is 4.39 Å². The minimum Gasteiger partial charge on any atom is -0.480 e. The van der Waals surface area contributed by atoms with Crippen molar-refractivity contribution in [3.8, 4) is 0 Å². The van der Waals surface area contributed by atoms with Crippen molar-refractivity contribution in [1.29, 1.82) is 0 Å². The molecule has 1 aromatic rings. The van der Waals surface area contributed by atoms with E-state index in [1.54, 1.807) is 6.07 Å². The van der Waals surface area contributed by atoms with E-state index in [0.717, 1.165) is 0 Å². The van der Waals surface area contributed by atoms with E-state index in [9.17, 15) is 14.0 Å². The van der Waals surface area contributed by atoms with Crippen LogP contribution < -0.4 is 5.32 Å². The highest BCUT2D eigenvalue weighted by Gasteiger charge is 2.34. The van der Waals surface area contributed by atoms with Gasteiger partial charge in [-0.05, 0) is 31.5 Å². The van der Waals surface area contributed by atoms with Crippen molar-refractivity contribution in [3.63, 3.8) is 0 Å². The van der Waals surface area contributed by atoms with Crippen molar-refractivity contribution in [1.82, 2.24) is 10.2 Å². The fraction of sp³-hybridized carbons (Fsp3) is 0.500. The lowest BCUT2D eigenvalue weighted by Crippen LogP contribution is -2.55. The Balaban J connectivity index is 1.81. The Bertz CT molecular complexity index is 570. The van der Waals surface area contributed by atoms with Crippen LogP contribution in [0.2, 0.25) is 5.02 Å². The van der Waals surface area contributed by atoms with E-state index in [1.165, 1.54) is 12.1 Å². The van der Waals surface area contributed by atoms with Crippen molar-refractivity contribution in [3.05, 3.63) is 34.6 Å². The summed E-state index contributed by atoms with van der Waals surface area (Å²) in [4.78, 5) is 24.7. The predicted octanol–water partition coefficient (Wildman–Crippen LogP) is 2.08. The van der Waals surface area contributed by atoms with Crippen molar-refractivity contribution in [2.45, 2.75) is 38.3 Å². The molecule has 1 aliphatic carbocycles. The third-order valence-electron chi connectivity index (χ3n) is 4.14. The molecular weight excluding hydrogens is 323 g/mol. The molecule has 0 radical (unpaired) electrons. The van der Waals surface area contributed by atoms with Crippen LogP contribution in [0, 0.1) is 5.82 Å². The first-order valence-corrected chi connectivity index (χ1v) is 7.96. The zero-order chi connectivity index (χ0) is 17.0. The first-order valence-electron chi connectivity index (χ1n) is 7.58. The highest BCUT2D eigenvalue weighted by Crippen LogP contribution is 2.26. The average molecular weight is 343 g/mol. The number of hydrogen-bond acceptors (Lipinski definition) is 3. The molecule has 0 atom stereocenters. The second-order valence-corrected chi connectivity index (χ2v) is 6.13. The zero-order valence-electron chi connectivity index (χ0n) is 12.9. The van der Waals surface area contributed by atoms with Gasteiger partial charge in [-0.15, -0.1) is 0 Å². The number of carboxylic acid groups (broad SMARTS) is 1. The third-order valence-corrected chi connectivity index (χ3v) is 4.49. The molecule has 0 unspecified atom stereocenters. The first-order chi connectivity index (χ1) is 10.9. The highest BCUT2D eigenvalue weighted by atomic mass is 35.5. The molecule has 2 N–H and O–H groups in total. The average Bonchev–Trinajstić information content (AvgIpc) is 2.44. The molecule has 0 bridgehead atoms. The first kappa shape index (κ1) is 17.7. The molecule has 0 spiro atoms. The number of nitrogens with one attached hydrogen (secondary N) is 1. The fourth-order valence-corrected chi connectivity index (χ4v) is 3.05. The quantitative estimate of drug-likeness (QED) is 0.796. The number of benzene rings is 1. The molecule has 1 fully saturated rings. The van der Waals surface area contributed by atoms with E-state index in [-0.39, 0.29) is 41.5 Å². The molecule has 0 aromatic heterocycles. The van der Waals surface area contributed by atoms with E-state index in [2.05, 4.69) is 5.32 Å². The molecule has 0 aliphatic heterocycles. The predicted molar refractivity (Wildman–Crippen MR) is 84.9 cm³/mol. The van der Waals surface area contributed by atoms with Gasteiger partial charge in [0.25, 0.3) is 0 Å². The van der Waals surface area contributed by atoms with Gasteiger partial charge >= 0.3 is 5.97 Å². The van der Waals surface area contributed by atoms with Gasteiger partial charge in [0.2, 0.25) is 5.91 Å². The summed E-state index contributed by atoms with van der Waals surface area (Å²) in [6, 6.07) is 4.49. The van der Waals surface area contributed by atoms with Gasteiger partial charge in [0.15, 0.2) is 0 Å². The lowest BCUT2D eigenvalue weighted by molar-refractivity contribution is -0.139. The number of halogens is 2. The van der Waals surface area contributed by atoms with E-state index in [1.807, 2.05) is 11.8 Å². The SMILES string of the molecule is CCN(CC(=O)O)C1CC(NC(=O)Cc2c(F)cccc2Cl)C1. The van der Waals surface area contributed by atoms with Gasteiger partial charge in [0.05, 0.1) is 13.0 Å². The van der Waals surface area contributed by atoms with Crippen molar-refractivity contribution >= 4 is 23.5 Å². The van der Waals surface area contributed by atoms with Crippen LogP contribution in [-0.2, 0) is 16.0 Å². The summed E-state index contributed by atoms with van der Waals surface area (Å²) >= 11 is 5.91. The zero-order valence-corrected chi connectivity index (χ0v) is 13.6. The normalized spacial score (nSPS) is 20.2. The second-order valence-electron chi connectivity index (χ2n) is 5.72. The Labute approximate surface area is 139 Å². The van der Waals surface area contributed by atoms with Gasteiger partial charge in [-0.3, -0.25) is 14.5 Å². The summed E-state index contributed by atoms with van der Waals surface area (Å²) in [5.74, 6) is -1.62. The molecule has 1 aromatic carbocycles. The molecule has 7 heteroatoms. The van der Waals surface area contributed by atoms with Gasteiger partial charge in [-0.1, -0.05) is 24.6 Å². The fourth-order valence-electron chi connectivity index (χ4n) is 2.82. The lowest BCUT2D eigenvalue weighted by atomic mass is 9.85. The van der Waals surface area contributed by atoms with Crippen LogP contribution in [0.1, 0.15) is 25.3 Å². The lowest BCUT2D eigenvalue weighted by Gasteiger charge is -2.42. The number of likely N-dealkylation sites (N-methyl/N-ethyl adjacent to an activating group) is 1. The van der Waals surface area contributed by atoms with Gasteiger partial charge in [-0.2, -0.15) is 0 Å². The molecule has 1 saturated carbocycles. The molecule has 5 nitrogen and oxygen atoms in total. The maximum atomic E-state index is 13.7. The maximum absolute atomic E-state index is 13.7. The Morgan fingerprint density at radius 3 is 2.70 bits per heavy atom. The number of hydrogen-bond donors (Lipinski definition) is 2.